The van der Waals surface area contributed by atoms with Crippen molar-refractivity contribution in [2.75, 3.05) is 19.7 Å². The van der Waals surface area contributed by atoms with E-state index in [9.17, 15) is 9.59 Å². The molecule has 0 aliphatic carbocycles. The first-order valence-electron chi connectivity index (χ1n) is 6.26. The quantitative estimate of drug-likeness (QED) is 0.813. The van der Waals surface area contributed by atoms with Gasteiger partial charge in [0.05, 0.1) is 6.61 Å². The molecule has 1 fully saturated rings. The fourth-order valence-corrected chi connectivity index (χ4v) is 1.84. The van der Waals surface area contributed by atoms with Crippen molar-refractivity contribution in [2.45, 2.75) is 39.7 Å². The van der Waals surface area contributed by atoms with Crippen LogP contribution in [0.4, 0.5) is 4.79 Å². The Morgan fingerprint density at radius 3 is 2.76 bits per heavy atom. The molecule has 1 unspecified atom stereocenters. The molecule has 0 aromatic rings. The average molecular weight is 242 g/mol. The molecule has 1 atom stereocenters. The van der Waals surface area contributed by atoms with Crippen molar-refractivity contribution in [3.63, 3.8) is 0 Å². The van der Waals surface area contributed by atoms with Gasteiger partial charge in [-0.3, -0.25) is 4.79 Å². The van der Waals surface area contributed by atoms with Crippen LogP contribution in [0.2, 0.25) is 0 Å². The van der Waals surface area contributed by atoms with Crippen LogP contribution in [0.3, 0.4) is 0 Å². The number of rotatable bonds is 3. The van der Waals surface area contributed by atoms with Crippen LogP contribution in [-0.4, -0.2) is 42.6 Å². The summed E-state index contributed by atoms with van der Waals surface area (Å²) in [6.45, 7) is 7.17. The lowest BCUT2D eigenvalue weighted by Gasteiger charge is -2.32. The number of carbonyl (C=O) groups excluding carboxylic acids is 2. The number of piperidine rings is 1. The van der Waals surface area contributed by atoms with Gasteiger partial charge in [0.15, 0.2) is 0 Å². The molecular formula is C12H22N2O3. The molecule has 0 bridgehead atoms. The molecule has 1 aliphatic rings. The predicted octanol–water partition coefficient (Wildman–Crippen LogP) is 1.38. The number of carbonyl (C=O) groups is 2. The largest absolute Gasteiger partial charge is 0.450 e. The molecule has 17 heavy (non-hydrogen) atoms. The Kier molecular flexibility index (Phi) is 5.25. The van der Waals surface area contributed by atoms with E-state index in [-0.39, 0.29) is 24.0 Å². The van der Waals surface area contributed by atoms with Gasteiger partial charge in [0.1, 0.15) is 0 Å². The number of hydrogen-bond donors (Lipinski definition) is 1. The summed E-state index contributed by atoms with van der Waals surface area (Å²) in [6.07, 6.45) is 1.55. The van der Waals surface area contributed by atoms with E-state index in [0.29, 0.717) is 19.7 Å². The van der Waals surface area contributed by atoms with Gasteiger partial charge in [-0.05, 0) is 19.8 Å². The second-order valence-electron chi connectivity index (χ2n) is 4.65. The molecule has 1 heterocycles. The molecule has 0 saturated carbocycles. The molecule has 0 radical (unpaired) electrons. The molecule has 5 heteroatoms. The zero-order valence-corrected chi connectivity index (χ0v) is 10.9. The summed E-state index contributed by atoms with van der Waals surface area (Å²) in [5.74, 6) is 0.0219. The topological polar surface area (TPSA) is 58.6 Å². The molecule has 1 N–H and O–H groups in total. The highest BCUT2D eigenvalue weighted by Gasteiger charge is 2.25. The molecular weight excluding hydrogens is 220 g/mol. The Hall–Kier alpha value is -1.26. The minimum atomic E-state index is -0.281. The maximum absolute atomic E-state index is 11.6. The summed E-state index contributed by atoms with van der Waals surface area (Å²) >= 11 is 0. The van der Waals surface area contributed by atoms with Gasteiger partial charge in [-0.2, -0.15) is 0 Å². The average Bonchev–Trinajstić information content (AvgIpc) is 2.29. The number of amides is 2. The lowest BCUT2D eigenvalue weighted by atomic mass is 10.1. The van der Waals surface area contributed by atoms with Gasteiger partial charge in [-0.25, -0.2) is 4.79 Å². The highest BCUT2D eigenvalue weighted by atomic mass is 16.6. The molecule has 5 nitrogen and oxygen atoms in total. The van der Waals surface area contributed by atoms with Crippen LogP contribution in [0.15, 0.2) is 0 Å². The fraction of sp³-hybridized carbons (Fsp3) is 0.833. The maximum atomic E-state index is 11.6. The third-order valence-electron chi connectivity index (χ3n) is 2.82. The van der Waals surface area contributed by atoms with Gasteiger partial charge in [0.2, 0.25) is 5.91 Å². The minimum Gasteiger partial charge on any atom is -0.450 e. The number of nitrogens with one attached hydrogen (secondary N) is 1. The molecule has 0 aromatic heterocycles. The van der Waals surface area contributed by atoms with Gasteiger partial charge in [-0.1, -0.05) is 13.8 Å². The van der Waals surface area contributed by atoms with E-state index in [4.69, 9.17) is 4.74 Å². The van der Waals surface area contributed by atoms with Crippen LogP contribution in [0.25, 0.3) is 0 Å². The van der Waals surface area contributed by atoms with E-state index in [2.05, 4.69) is 5.32 Å². The molecule has 98 valence electrons. The third-order valence-corrected chi connectivity index (χ3v) is 2.82. The minimum absolute atomic E-state index is 0.0204. The number of ether oxygens (including phenoxy) is 1. The number of nitrogens with zero attached hydrogens (tertiary/aromatic N) is 1. The Balaban J connectivity index is 2.43. The number of hydrogen-bond acceptors (Lipinski definition) is 3. The lowest BCUT2D eigenvalue weighted by Crippen LogP contribution is -2.50. The normalized spacial score (nSPS) is 20.2. The Morgan fingerprint density at radius 2 is 2.18 bits per heavy atom. The van der Waals surface area contributed by atoms with Crippen LogP contribution in [0, 0.1) is 5.92 Å². The molecule has 1 saturated heterocycles. The van der Waals surface area contributed by atoms with Gasteiger partial charge in [0.25, 0.3) is 0 Å². The molecule has 0 aromatic carbocycles. The van der Waals surface area contributed by atoms with E-state index < -0.39 is 0 Å². The second-order valence-corrected chi connectivity index (χ2v) is 4.65. The van der Waals surface area contributed by atoms with E-state index in [1.54, 1.807) is 11.8 Å². The fourth-order valence-electron chi connectivity index (χ4n) is 1.84. The van der Waals surface area contributed by atoms with Crippen molar-refractivity contribution >= 4 is 12.0 Å². The van der Waals surface area contributed by atoms with E-state index in [1.807, 2.05) is 13.8 Å². The molecule has 2 amide bonds. The highest BCUT2D eigenvalue weighted by Crippen LogP contribution is 2.11. The van der Waals surface area contributed by atoms with Gasteiger partial charge >= 0.3 is 6.09 Å². The van der Waals surface area contributed by atoms with Crippen molar-refractivity contribution in [3.8, 4) is 0 Å². The number of likely N-dealkylation sites (tertiary alicyclic amines) is 1. The first kappa shape index (κ1) is 13.8. The van der Waals surface area contributed by atoms with Crippen molar-refractivity contribution in [2.24, 2.45) is 5.92 Å². The van der Waals surface area contributed by atoms with Crippen molar-refractivity contribution in [3.05, 3.63) is 0 Å². The predicted molar refractivity (Wildman–Crippen MR) is 64.6 cm³/mol. The van der Waals surface area contributed by atoms with Crippen molar-refractivity contribution in [1.29, 1.82) is 0 Å². The van der Waals surface area contributed by atoms with E-state index in [0.717, 1.165) is 12.8 Å². The summed E-state index contributed by atoms with van der Waals surface area (Å²) in [6, 6.07) is 0.0584. The molecule has 1 aliphatic heterocycles. The Morgan fingerprint density at radius 1 is 1.47 bits per heavy atom. The third kappa shape index (κ3) is 4.24. The summed E-state index contributed by atoms with van der Waals surface area (Å²) in [5, 5.41) is 2.96. The molecule has 0 spiro atoms. The maximum Gasteiger partial charge on any atom is 0.409 e. The summed E-state index contributed by atoms with van der Waals surface area (Å²) < 4.78 is 4.96. The second kappa shape index (κ2) is 6.47. The van der Waals surface area contributed by atoms with Crippen molar-refractivity contribution < 1.29 is 14.3 Å². The first-order chi connectivity index (χ1) is 8.04. The van der Waals surface area contributed by atoms with E-state index in [1.165, 1.54) is 0 Å². The standard InChI is InChI=1S/C12H22N2O3/c1-4-17-12(16)14-7-5-6-10(8-14)13-11(15)9(2)3/h9-10H,4-8H2,1-3H3,(H,13,15). The van der Waals surface area contributed by atoms with Crippen LogP contribution in [0.5, 0.6) is 0 Å². The van der Waals surface area contributed by atoms with E-state index >= 15 is 0 Å². The zero-order chi connectivity index (χ0) is 12.8. The van der Waals surface area contributed by atoms with Gasteiger partial charge in [-0.15, -0.1) is 0 Å². The van der Waals surface area contributed by atoms with Crippen LogP contribution in [0.1, 0.15) is 33.6 Å². The van der Waals surface area contributed by atoms with Crippen LogP contribution >= 0.6 is 0 Å². The van der Waals surface area contributed by atoms with Crippen molar-refractivity contribution in [1.82, 2.24) is 10.2 Å². The Bertz CT molecular complexity index is 279. The summed E-state index contributed by atoms with van der Waals surface area (Å²) in [4.78, 5) is 24.8. The lowest BCUT2D eigenvalue weighted by molar-refractivity contribution is -0.125. The van der Waals surface area contributed by atoms with Crippen LogP contribution < -0.4 is 5.32 Å². The summed E-state index contributed by atoms with van der Waals surface area (Å²) in [5.41, 5.74) is 0. The smallest absolute Gasteiger partial charge is 0.409 e. The Labute approximate surface area is 102 Å². The van der Waals surface area contributed by atoms with Crippen LogP contribution in [-0.2, 0) is 9.53 Å². The van der Waals surface area contributed by atoms with Gasteiger partial charge in [0, 0.05) is 25.0 Å². The first-order valence-corrected chi connectivity index (χ1v) is 6.26. The molecule has 1 rings (SSSR count). The monoisotopic (exact) mass is 242 g/mol. The SMILES string of the molecule is CCOC(=O)N1CCCC(NC(=O)C(C)C)C1. The summed E-state index contributed by atoms with van der Waals surface area (Å²) in [7, 11) is 0. The van der Waals surface area contributed by atoms with Gasteiger partial charge < -0.3 is 15.0 Å². The zero-order valence-electron chi connectivity index (χ0n) is 10.9. The highest BCUT2D eigenvalue weighted by molar-refractivity contribution is 5.78.